The fraction of sp³-hybridized carbons (Fsp3) is 0.941. The third-order valence-electron chi connectivity index (χ3n) is 15.6. The van der Waals surface area contributed by atoms with E-state index < -0.39 is 97.5 Å². The van der Waals surface area contributed by atoms with Gasteiger partial charge in [0.2, 0.25) is 0 Å². The molecule has 19 heteroatoms. The second-order valence-electron chi connectivity index (χ2n) is 26.5. The average molecular weight is 1280 g/mol. The second kappa shape index (κ2) is 57.9. The zero-order valence-corrected chi connectivity index (χ0v) is 58.4. The number of rotatable bonds is 65. The van der Waals surface area contributed by atoms with E-state index in [1.54, 1.807) is 0 Å². The van der Waals surface area contributed by atoms with E-state index in [0.29, 0.717) is 31.6 Å². The third-order valence-corrected chi connectivity index (χ3v) is 17.5. The molecule has 0 aromatic carbocycles. The summed E-state index contributed by atoms with van der Waals surface area (Å²) in [5, 5.41) is 10.6. The Morgan fingerprint density at radius 3 is 0.713 bits per heavy atom. The molecule has 0 radical (unpaired) electrons. The van der Waals surface area contributed by atoms with Crippen LogP contribution in [0.25, 0.3) is 0 Å². The van der Waals surface area contributed by atoms with Crippen LogP contribution in [0, 0.1) is 23.7 Å². The van der Waals surface area contributed by atoms with Crippen molar-refractivity contribution in [1.29, 1.82) is 0 Å². The van der Waals surface area contributed by atoms with Gasteiger partial charge in [0.1, 0.15) is 19.3 Å². The van der Waals surface area contributed by atoms with E-state index in [2.05, 4.69) is 55.4 Å². The van der Waals surface area contributed by atoms with Crippen molar-refractivity contribution in [2.45, 2.75) is 350 Å². The highest BCUT2D eigenvalue weighted by Gasteiger charge is 2.30. The summed E-state index contributed by atoms with van der Waals surface area (Å²) in [6.45, 7) is 14.0. The van der Waals surface area contributed by atoms with Crippen molar-refractivity contribution in [1.82, 2.24) is 0 Å². The molecule has 0 saturated carbocycles. The zero-order valence-electron chi connectivity index (χ0n) is 56.6. The van der Waals surface area contributed by atoms with Crippen LogP contribution in [0.5, 0.6) is 0 Å². The molecule has 0 heterocycles. The van der Waals surface area contributed by atoms with Crippen LogP contribution >= 0.6 is 15.6 Å². The number of aliphatic hydroxyl groups is 1. The molecule has 0 amide bonds. The van der Waals surface area contributed by atoms with Crippen molar-refractivity contribution < 1.29 is 80.2 Å². The summed E-state index contributed by atoms with van der Waals surface area (Å²) in [7, 11) is -9.90. The fourth-order valence-corrected chi connectivity index (χ4v) is 11.7. The van der Waals surface area contributed by atoms with Crippen molar-refractivity contribution >= 4 is 39.5 Å². The molecule has 3 N–H and O–H groups in total. The topological polar surface area (TPSA) is 237 Å². The van der Waals surface area contributed by atoms with E-state index in [-0.39, 0.29) is 25.7 Å². The van der Waals surface area contributed by atoms with Crippen LogP contribution in [-0.4, -0.2) is 96.7 Å². The maximum atomic E-state index is 13.0. The summed E-state index contributed by atoms with van der Waals surface area (Å²) < 4.78 is 68.1. The van der Waals surface area contributed by atoms with Gasteiger partial charge in [0.15, 0.2) is 12.2 Å². The van der Waals surface area contributed by atoms with Crippen LogP contribution in [0.4, 0.5) is 0 Å². The summed E-state index contributed by atoms with van der Waals surface area (Å²) in [6, 6.07) is 0. The lowest BCUT2D eigenvalue weighted by atomic mass is 10.0. The molecule has 0 saturated heterocycles. The highest BCUT2D eigenvalue weighted by molar-refractivity contribution is 7.47. The number of phosphoric ester groups is 2. The Hall–Kier alpha value is -1.94. The highest BCUT2D eigenvalue weighted by Crippen LogP contribution is 2.45. The fourth-order valence-electron chi connectivity index (χ4n) is 10.1. The van der Waals surface area contributed by atoms with E-state index in [1.165, 1.54) is 128 Å². The van der Waals surface area contributed by atoms with Gasteiger partial charge in [0.25, 0.3) is 0 Å². The molecule has 516 valence electrons. The SMILES string of the molecule is CC(C)CCCCCCCCCCCCCCC(=O)OC[C@H](COP(=O)(O)OC[C@@H](O)COP(=O)(O)OC[C@@H](COC(=O)CCCCCCCCC(C)C)OC(=O)CCCCCCCCCCC(C)C)OC(=O)CCCCCCCCCCCC(C)C. The van der Waals surface area contributed by atoms with Crippen LogP contribution in [0.15, 0.2) is 0 Å². The first-order chi connectivity index (χ1) is 41.6. The minimum atomic E-state index is -4.95. The predicted molar refractivity (Wildman–Crippen MR) is 349 cm³/mol. The highest BCUT2D eigenvalue weighted by atomic mass is 31.2. The number of esters is 4. The van der Waals surface area contributed by atoms with Gasteiger partial charge < -0.3 is 33.8 Å². The Morgan fingerprint density at radius 1 is 0.287 bits per heavy atom. The maximum Gasteiger partial charge on any atom is 0.472 e. The van der Waals surface area contributed by atoms with E-state index in [1.807, 2.05) is 0 Å². The molecular formula is C68H132O17P2. The summed E-state index contributed by atoms with van der Waals surface area (Å²) >= 11 is 0. The van der Waals surface area contributed by atoms with E-state index >= 15 is 0 Å². The number of carbonyl (C=O) groups excluding carboxylic acids is 4. The van der Waals surface area contributed by atoms with Gasteiger partial charge in [-0.25, -0.2) is 9.13 Å². The summed E-state index contributed by atoms with van der Waals surface area (Å²) in [5.41, 5.74) is 0. The monoisotopic (exact) mass is 1280 g/mol. The van der Waals surface area contributed by atoms with Gasteiger partial charge in [-0.3, -0.25) is 37.3 Å². The Labute approximate surface area is 530 Å². The lowest BCUT2D eigenvalue weighted by molar-refractivity contribution is -0.161. The minimum absolute atomic E-state index is 0.103. The third kappa shape index (κ3) is 62.6. The van der Waals surface area contributed by atoms with E-state index in [4.69, 9.17) is 37.0 Å². The van der Waals surface area contributed by atoms with Crippen molar-refractivity contribution in [3.05, 3.63) is 0 Å². The number of phosphoric acid groups is 2. The minimum Gasteiger partial charge on any atom is -0.462 e. The van der Waals surface area contributed by atoms with Crippen LogP contribution in [-0.2, 0) is 65.4 Å². The quantitative estimate of drug-likeness (QED) is 0.0222. The Kier molecular flexibility index (Phi) is 56.6. The predicted octanol–water partition coefficient (Wildman–Crippen LogP) is 18.9. The molecule has 87 heavy (non-hydrogen) atoms. The zero-order chi connectivity index (χ0) is 64.7. The molecule has 5 atom stereocenters. The number of ether oxygens (including phenoxy) is 4. The van der Waals surface area contributed by atoms with Gasteiger partial charge in [-0.05, 0) is 49.4 Å². The lowest BCUT2D eigenvalue weighted by Gasteiger charge is -2.21. The second-order valence-corrected chi connectivity index (χ2v) is 29.4. The molecule has 0 spiro atoms. The molecule has 0 rings (SSSR count). The standard InChI is InChI=1S/C68H132O17P2/c1-58(2)44-36-28-20-14-11-9-10-12-16-23-32-40-48-65(70)78-54-63(84-67(72)50-42-34-24-17-13-15-21-29-37-45-59(3)4)56-82-86(74,75)80-52-62(69)53-81-87(76,77)83-57-64(55-79-66(71)49-41-33-27-26-31-39-47-61(7)8)85-68(73)51-43-35-25-19-18-22-30-38-46-60(5)6/h58-64,69H,9-57H2,1-8H3,(H,74,75)(H,76,77)/t62-,63-,64-/m1/s1. The average Bonchev–Trinajstić information content (AvgIpc) is 3.57. The lowest BCUT2D eigenvalue weighted by Crippen LogP contribution is -2.30. The first kappa shape index (κ1) is 85.1. The first-order valence-electron chi connectivity index (χ1n) is 35.2. The van der Waals surface area contributed by atoms with Crippen LogP contribution in [0.1, 0.15) is 331 Å². The molecule has 0 fully saturated rings. The molecule has 0 bridgehead atoms. The van der Waals surface area contributed by atoms with Crippen LogP contribution in [0.3, 0.4) is 0 Å². The van der Waals surface area contributed by atoms with Gasteiger partial charge in [0.05, 0.1) is 26.4 Å². The van der Waals surface area contributed by atoms with Crippen molar-refractivity contribution in [3.63, 3.8) is 0 Å². The van der Waals surface area contributed by atoms with Gasteiger partial charge in [-0.2, -0.15) is 0 Å². The smallest absolute Gasteiger partial charge is 0.462 e. The summed E-state index contributed by atoms with van der Waals surface area (Å²) in [4.78, 5) is 72.4. The number of aliphatic hydroxyl groups excluding tert-OH is 1. The normalized spacial score (nSPS) is 14.3. The van der Waals surface area contributed by atoms with E-state index in [9.17, 15) is 43.2 Å². The molecule has 0 aromatic rings. The number of hydrogen-bond acceptors (Lipinski definition) is 15. The Balaban J connectivity index is 5.24. The van der Waals surface area contributed by atoms with Gasteiger partial charge >= 0.3 is 39.5 Å². The molecule has 0 aliphatic heterocycles. The largest absolute Gasteiger partial charge is 0.472 e. The first-order valence-corrected chi connectivity index (χ1v) is 38.2. The van der Waals surface area contributed by atoms with Crippen LogP contribution < -0.4 is 0 Å². The molecule has 2 unspecified atom stereocenters. The Morgan fingerprint density at radius 2 is 0.483 bits per heavy atom. The Bertz CT molecular complexity index is 1730. The molecule has 0 aromatic heterocycles. The molecular weight excluding hydrogens is 1150 g/mol. The van der Waals surface area contributed by atoms with Crippen LogP contribution in [0.2, 0.25) is 0 Å². The van der Waals surface area contributed by atoms with Gasteiger partial charge in [-0.1, -0.05) is 280 Å². The summed E-state index contributed by atoms with van der Waals surface area (Å²) in [6.07, 6.45) is 39.1. The number of carbonyl (C=O) groups is 4. The van der Waals surface area contributed by atoms with Crippen molar-refractivity contribution in [3.8, 4) is 0 Å². The number of hydrogen-bond donors (Lipinski definition) is 3. The van der Waals surface area contributed by atoms with Crippen molar-refractivity contribution in [2.24, 2.45) is 23.7 Å². The molecule has 0 aliphatic rings. The molecule has 17 nitrogen and oxygen atoms in total. The van der Waals surface area contributed by atoms with E-state index in [0.717, 1.165) is 114 Å². The van der Waals surface area contributed by atoms with Crippen molar-refractivity contribution in [2.75, 3.05) is 39.6 Å². The maximum absolute atomic E-state index is 13.0. The number of unbranched alkanes of at least 4 members (excludes halogenated alkanes) is 31. The summed E-state index contributed by atoms with van der Waals surface area (Å²) in [5.74, 6) is 0.780. The molecule has 0 aliphatic carbocycles. The van der Waals surface area contributed by atoms with Gasteiger partial charge in [0, 0.05) is 25.7 Å². The van der Waals surface area contributed by atoms with Gasteiger partial charge in [-0.15, -0.1) is 0 Å².